The van der Waals surface area contributed by atoms with Crippen LogP contribution in [0.25, 0.3) is 0 Å². The number of amides is 1. The highest BCUT2D eigenvalue weighted by molar-refractivity contribution is 8.24. The number of cyclic esters (lactones) is 1. The van der Waals surface area contributed by atoms with Gasteiger partial charge >= 0.3 is 24.0 Å². The molecule has 1 heterocycles. The molecule has 1 fully saturated rings. The van der Waals surface area contributed by atoms with E-state index in [0.29, 0.717) is 11.8 Å². The molecule has 24 heavy (non-hydrogen) atoms. The molecule has 1 atom stereocenters. The van der Waals surface area contributed by atoms with Gasteiger partial charge in [0.05, 0.1) is 20.3 Å². The number of ether oxygens (including phenoxy) is 4. The summed E-state index contributed by atoms with van der Waals surface area (Å²) in [5, 5.41) is -1.41. The van der Waals surface area contributed by atoms with Gasteiger partial charge in [0.2, 0.25) is 5.25 Å². The van der Waals surface area contributed by atoms with Crippen LogP contribution in [0.5, 0.6) is 0 Å². The molecule has 9 nitrogen and oxygen atoms in total. The van der Waals surface area contributed by atoms with Gasteiger partial charge in [-0.2, -0.15) is 0 Å². The van der Waals surface area contributed by atoms with Crippen LogP contribution >= 0.6 is 24.0 Å². The zero-order valence-corrected chi connectivity index (χ0v) is 14.9. The molecule has 0 aromatic carbocycles. The van der Waals surface area contributed by atoms with E-state index < -0.39 is 35.3 Å². The SMILES string of the molecule is CCOC(=O)C(SC(=S)N1C(=O)OCC1C(=O)OC)C(=O)OCC. The normalized spacial score (nSPS) is 16.6. The summed E-state index contributed by atoms with van der Waals surface area (Å²) in [4.78, 5) is 48.2. The molecule has 0 bridgehead atoms. The second kappa shape index (κ2) is 9.42. The Morgan fingerprint density at radius 2 is 1.83 bits per heavy atom. The van der Waals surface area contributed by atoms with E-state index in [0.717, 1.165) is 12.0 Å². The predicted octanol–water partition coefficient (Wildman–Crippen LogP) is 0.493. The highest BCUT2D eigenvalue weighted by Gasteiger charge is 2.44. The van der Waals surface area contributed by atoms with Crippen molar-refractivity contribution in [1.82, 2.24) is 4.90 Å². The molecule has 0 saturated carbocycles. The zero-order valence-electron chi connectivity index (χ0n) is 13.3. The Kier molecular flexibility index (Phi) is 7.92. The predicted molar refractivity (Wildman–Crippen MR) is 86.2 cm³/mol. The number of carbonyl (C=O) groups excluding carboxylic acids is 4. The van der Waals surface area contributed by atoms with Gasteiger partial charge in [0.25, 0.3) is 0 Å². The van der Waals surface area contributed by atoms with Gasteiger partial charge < -0.3 is 18.9 Å². The van der Waals surface area contributed by atoms with Crippen LogP contribution in [0, 0.1) is 0 Å². The van der Waals surface area contributed by atoms with Crippen LogP contribution in [0.1, 0.15) is 13.8 Å². The highest BCUT2D eigenvalue weighted by atomic mass is 32.2. The maximum atomic E-state index is 11.9. The molecule has 1 unspecified atom stereocenters. The van der Waals surface area contributed by atoms with Crippen molar-refractivity contribution in [3.05, 3.63) is 0 Å². The first kappa shape index (κ1) is 20.2. The Hall–Kier alpha value is -1.88. The van der Waals surface area contributed by atoms with Crippen molar-refractivity contribution in [3.63, 3.8) is 0 Å². The Bertz CT molecular complexity index is 520. The van der Waals surface area contributed by atoms with E-state index in [-0.39, 0.29) is 24.1 Å². The summed E-state index contributed by atoms with van der Waals surface area (Å²) >= 11 is 5.66. The lowest BCUT2D eigenvalue weighted by atomic mass is 10.3. The lowest BCUT2D eigenvalue weighted by Crippen LogP contribution is -2.44. The molecule has 1 amide bonds. The average molecular weight is 379 g/mol. The zero-order chi connectivity index (χ0) is 18.3. The molecule has 0 aromatic rings. The fourth-order valence-electron chi connectivity index (χ4n) is 1.72. The van der Waals surface area contributed by atoms with Gasteiger partial charge in [-0.05, 0) is 13.8 Å². The first-order chi connectivity index (χ1) is 11.4. The fourth-order valence-corrected chi connectivity index (χ4v) is 3.05. The fraction of sp³-hybridized carbons (Fsp3) is 0.615. The first-order valence-corrected chi connectivity index (χ1v) is 8.23. The number of hydrogen-bond donors (Lipinski definition) is 0. The minimum atomic E-state index is -1.41. The van der Waals surface area contributed by atoms with Crippen LogP contribution in [0.15, 0.2) is 0 Å². The van der Waals surface area contributed by atoms with Gasteiger partial charge in [0.1, 0.15) is 10.9 Å². The van der Waals surface area contributed by atoms with Crippen molar-refractivity contribution >= 4 is 52.3 Å². The molecular formula is C13H17NO8S2. The van der Waals surface area contributed by atoms with E-state index in [1.54, 1.807) is 13.8 Å². The van der Waals surface area contributed by atoms with Gasteiger partial charge in [-0.3, -0.25) is 9.59 Å². The second-order valence-corrected chi connectivity index (χ2v) is 5.99. The second-order valence-electron chi connectivity index (χ2n) is 4.25. The van der Waals surface area contributed by atoms with Gasteiger partial charge in [0.15, 0.2) is 6.04 Å². The third-order valence-corrected chi connectivity index (χ3v) is 4.27. The molecule has 134 valence electrons. The molecule has 1 aliphatic rings. The topological polar surface area (TPSA) is 108 Å². The largest absolute Gasteiger partial charge is 0.467 e. The van der Waals surface area contributed by atoms with E-state index >= 15 is 0 Å². The smallest absolute Gasteiger partial charge is 0.416 e. The minimum absolute atomic E-state index is 0.0542. The standard InChI is InChI=1S/C13H17NO8S2/c1-4-20-10(16)8(11(17)21-5-2)24-13(23)14-7(9(15)19-3)6-22-12(14)18/h7-8H,4-6H2,1-3H3. The van der Waals surface area contributed by atoms with E-state index in [2.05, 4.69) is 4.74 Å². The van der Waals surface area contributed by atoms with Crippen LogP contribution in [-0.2, 0) is 33.3 Å². The lowest BCUT2D eigenvalue weighted by Gasteiger charge is -2.21. The lowest BCUT2D eigenvalue weighted by molar-refractivity contribution is -0.153. The van der Waals surface area contributed by atoms with E-state index in [4.69, 9.17) is 26.4 Å². The Labute approximate surface area is 147 Å². The molecule has 1 rings (SSSR count). The van der Waals surface area contributed by atoms with Crippen molar-refractivity contribution in [2.75, 3.05) is 26.9 Å². The van der Waals surface area contributed by atoms with Crippen molar-refractivity contribution in [2.45, 2.75) is 25.1 Å². The van der Waals surface area contributed by atoms with Gasteiger partial charge in [-0.25, -0.2) is 14.5 Å². The summed E-state index contributed by atoms with van der Waals surface area (Å²) < 4.78 is 18.8. The first-order valence-electron chi connectivity index (χ1n) is 6.95. The molecule has 0 aliphatic carbocycles. The van der Waals surface area contributed by atoms with Crippen LogP contribution in [0.3, 0.4) is 0 Å². The van der Waals surface area contributed by atoms with Crippen LogP contribution in [0.2, 0.25) is 0 Å². The summed E-state index contributed by atoms with van der Waals surface area (Å²) in [5.74, 6) is -2.44. The Morgan fingerprint density at radius 1 is 1.29 bits per heavy atom. The molecule has 0 spiro atoms. The number of methoxy groups -OCH3 is 1. The number of rotatable bonds is 6. The van der Waals surface area contributed by atoms with E-state index in [1.807, 2.05) is 0 Å². The summed E-state index contributed by atoms with van der Waals surface area (Å²) in [6.07, 6.45) is -0.866. The van der Waals surface area contributed by atoms with Crippen LogP contribution in [-0.4, -0.2) is 71.4 Å². The van der Waals surface area contributed by atoms with Crippen molar-refractivity contribution < 1.29 is 38.1 Å². The van der Waals surface area contributed by atoms with Gasteiger partial charge in [-0.15, -0.1) is 0 Å². The minimum Gasteiger partial charge on any atom is -0.467 e. The monoisotopic (exact) mass is 379 g/mol. The van der Waals surface area contributed by atoms with Gasteiger partial charge in [-0.1, -0.05) is 24.0 Å². The van der Waals surface area contributed by atoms with Crippen LogP contribution in [0.4, 0.5) is 4.79 Å². The van der Waals surface area contributed by atoms with Crippen molar-refractivity contribution in [2.24, 2.45) is 0 Å². The number of thiocarbonyl (C=S) groups is 1. The molecule has 11 heteroatoms. The summed E-state index contributed by atoms with van der Waals surface area (Å²) in [5.41, 5.74) is 0. The number of carbonyl (C=O) groups is 4. The maximum Gasteiger partial charge on any atom is 0.416 e. The molecule has 0 radical (unpaired) electrons. The molecule has 0 N–H and O–H groups in total. The third kappa shape index (κ3) is 4.81. The average Bonchev–Trinajstić information content (AvgIpc) is 2.93. The number of esters is 3. The molecule has 1 aliphatic heterocycles. The molecule has 1 saturated heterocycles. The number of hydrogen-bond acceptors (Lipinski definition) is 10. The molecule has 0 aromatic heterocycles. The van der Waals surface area contributed by atoms with Gasteiger partial charge in [0, 0.05) is 0 Å². The Balaban J connectivity index is 2.93. The summed E-state index contributed by atoms with van der Waals surface area (Å²) in [6, 6.07) is -1.08. The van der Waals surface area contributed by atoms with E-state index in [1.165, 1.54) is 0 Å². The number of nitrogens with zero attached hydrogens (tertiary/aromatic N) is 1. The van der Waals surface area contributed by atoms with Crippen molar-refractivity contribution in [1.29, 1.82) is 0 Å². The summed E-state index contributed by atoms with van der Waals surface area (Å²) in [6.45, 7) is 3.02. The highest BCUT2D eigenvalue weighted by Crippen LogP contribution is 2.25. The third-order valence-electron chi connectivity index (χ3n) is 2.76. The van der Waals surface area contributed by atoms with E-state index in [9.17, 15) is 19.2 Å². The molecular weight excluding hydrogens is 362 g/mol. The summed E-state index contributed by atoms with van der Waals surface area (Å²) in [7, 11) is 1.15. The van der Waals surface area contributed by atoms with Crippen molar-refractivity contribution in [3.8, 4) is 0 Å². The quantitative estimate of drug-likeness (QED) is 0.280. The number of thioether (sulfide) groups is 1. The van der Waals surface area contributed by atoms with Crippen LogP contribution < -0.4 is 0 Å². The Morgan fingerprint density at radius 3 is 2.29 bits per heavy atom. The maximum absolute atomic E-state index is 11.9.